The normalized spacial score (nSPS) is 11.2. The van der Waals surface area contributed by atoms with Gasteiger partial charge in [0.25, 0.3) is 0 Å². The minimum absolute atomic E-state index is 0.0998. The summed E-state index contributed by atoms with van der Waals surface area (Å²) in [5, 5.41) is 0. The maximum absolute atomic E-state index is 12.0. The number of nitrogens with two attached hydrogens (primary N) is 1. The molecule has 0 saturated carbocycles. The summed E-state index contributed by atoms with van der Waals surface area (Å²) >= 11 is 4.85. The number of aromatic nitrogens is 1. The molecule has 5 nitrogen and oxygen atoms in total. The zero-order valence-electron chi connectivity index (χ0n) is 11.2. The first-order valence-corrected chi connectivity index (χ1v) is 8.28. The molecule has 0 spiro atoms. The highest BCUT2D eigenvalue weighted by molar-refractivity contribution is 7.88. The SMILES string of the molecule is NC(=S)c1ccc(CS(=O)(=O)NCc2ccccn2)cc1. The second-order valence-corrected chi connectivity index (χ2v) is 6.71. The lowest BCUT2D eigenvalue weighted by Crippen LogP contribution is -2.25. The smallest absolute Gasteiger partial charge is 0.216 e. The molecule has 0 aliphatic carbocycles. The molecule has 0 fully saturated rings. The van der Waals surface area contributed by atoms with Crippen molar-refractivity contribution in [3.63, 3.8) is 0 Å². The number of rotatable bonds is 6. The van der Waals surface area contributed by atoms with Crippen molar-refractivity contribution in [2.75, 3.05) is 0 Å². The second kappa shape index (κ2) is 6.75. The summed E-state index contributed by atoms with van der Waals surface area (Å²) < 4.78 is 26.5. The highest BCUT2D eigenvalue weighted by Crippen LogP contribution is 2.08. The first kappa shape index (κ1) is 15.6. The molecule has 2 rings (SSSR count). The van der Waals surface area contributed by atoms with Gasteiger partial charge in [0.1, 0.15) is 4.99 Å². The molecule has 1 heterocycles. The van der Waals surface area contributed by atoms with Crippen LogP contribution in [0, 0.1) is 0 Å². The van der Waals surface area contributed by atoms with Gasteiger partial charge in [0.15, 0.2) is 0 Å². The van der Waals surface area contributed by atoms with Crippen molar-refractivity contribution in [2.45, 2.75) is 12.3 Å². The molecule has 7 heteroatoms. The average Bonchev–Trinajstić information content (AvgIpc) is 2.46. The van der Waals surface area contributed by atoms with Crippen LogP contribution in [0.15, 0.2) is 48.7 Å². The molecule has 1 aromatic heterocycles. The summed E-state index contributed by atoms with van der Waals surface area (Å²) in [7, 11) is -3.42. The molecule has 0 aliphatic rings. The van der Waals surface area contributed by atoms with Crippen molar-refractivity contribution >= 4 is 27.2 Å². The van der Waals surface area contributed by atoms with Gasteiger partial charge in [-0.2, -0.15) is 0 Å². The Hall–Kier alpha value is -1.83. The number of hydrogen-bond acceptors (Lipinski definition) is 4. The van der Waals surface area contributed by atoms with E-state index in [-0.39, 0.29) is 17.3 Å². The highest BCUT2D eigenvalue weighted by atomic mass is 32.2. The summed E-state index contributed by atoms with van der Waals surface area (Å²) in [6.07, 6.45) is 1.62. The standard InChI is InChI=1S/C14H15N3O2S2/c15-14(20)12-6-4-11(5-7-12)10-21(18,19)17-9-13-3-1-2-8-16-13/h1-8,17H,9-10H2,(H2,15,20). The van der Waals surface area contributed by atoms with Crippen LogP contribution in [0.3, 0.4) is 0 Å². The van der Waals surface area contributed by atoms with Crippen molar-refractivity contribution in [3.8, 4) is 0 Å². The quantitative estimate of drug-likeness (QED) is 0.784. The molecule has 2 aromatic rings. The lowest BCUT2D eigenvalue weighted by Gasteiger charge is -2.07. The predicted molar refractivity (Wildman–Crippen MR) is 86.0 cm³/mol. The third-order valence-corrected chi connectivity index (χ3v) is 4.33. The maximum Gasteiger partial charge on any atom is 0.216 e. The molecule has 110 valence electrons. The zero-order valence-corrected chi connectivity index (χ0v) is 12.8. The molecule has 0 saturated heterocycles. The van der Waals surface area contributed by atoms with Gasteiger partial charge in [-0.15, -0.1) is 0 Å². The van der Waals surface area contributed by atoms with Crippen LogP contribution in [0.1, 0.15) is 16.8 Å². The molecular weight excluding hydrogens is 306 g/mol. The van der Waals surface area contributed by atoms with Gasteiger partial charge >= 0.3 is 0 Å². The topological polar surface area (TPSA) is 85.1 Å². The van der Waals surface area contributed by atoms with E-state index in [1.807, 2.05) is 6.07 Å². The Morgan fingerprint density at radius 3 is 2.48 bits per heavy atom. The predicted octanol–water partition coefficient (Wildman–Crippen LogP) is 1.34. The summed E-state index contributed by atoms with van der Waals surface area (Å²) in [5.41, 5.74) is 7.55. The van der Waals surface area contributed by atoms with Crippen LogP contribution in [0.4, 0.5) is 0 Å². The van der Waals surface area contributed by atoms with E-state index in [0.717, 1.165) is 0 Å². The number of nitrogens with zero attached hydrogens (tertiary/aromatic N) is 1. The summed E-state index contributed by atoms with van der Waals surface area (Å²) in [5.74, 6) is -0.0998. The summed E-state index contributed by atoms with van der Waals surface area (Å²) in [6.45, 7) is 0.175. The number of sulfonamides is 1. The molecule has 1 aromatic carbocycles. The first-order chi connectivity index (χ1) is 9.96. The number of thiocarbonyl (C=S) groups is 1. The van der Waals surface area contributed by atoms with E-state index in [4.69, 9.17) is 18.0 Å². The van der Waals surface area contributed by atoms with Crippen LogP contribution in [0.2, 0.25) is 0 Å². The fraction of sp³-hybridized carbons (Fsp3) is 0.143. The molecular formula is C14H15N3O2S2. The molecule has 0 amide bonds. The van der Waals surface area contributed by atoms with Crippen LogP contribution in [0.5, 0.6) is 0 Å². The van der Waals surface area contributed by atoms with Gasteiger partial charge in [0, 0.05) is 11.8 Å². The van der Waals surface area contributed by atoms with Gasteiger partial charge in [0.2, 0.25) is 10.0 Å². The minimum atomic E-state index is -3.42. The first-order valence-electron chi connectivity index (χ1n) is 6.22. The number of nitrogens with one attached hydrogen (secondary N) is 1. The van der Waals surface area contributed by atoms with E-state index in [9.17, 15) is 8.42 Å². The summed E-state index contributed by atoms with van der Waals surface area (Å²) in [4.78, 5) is 4.35. The number of benzene rings is 1. The van der Waals surface area contributed by atoms with Gasteiger partial charge in [-0.1, -0.05) is 42.5 Å². The maximum atomic E-state index is 12.0. The van der Waals surface area contributed by atoms with Gasteiger partial charge in [-0.3, -0.25) is 4.98 Å². The number of pyridine rings is 1. The van der Waals surface area contributed by atoms with Crippen molar-refractivity contribution < 1.29 is 8.42 Å². The molecule has 0 unspecified atom stereocenters. The van der Waals surface area contributed by atoms with E-state index in [1.54, 1.807) is 42.6 Å². The van der Waals surface area contributed by atoms with Gasteiger partial charge in [-0.25, -0.2) is 13.1 Å². The zero-order chi connectivity index (χ0) is 15.3. The van der Waals surface area contributed by atoms with Gasteiger partial charge < -0.3 is 5.73 Å². The van der Waals surface area contributed by atoms with E-state index in [1.165, 1.54) is 0 Å². The second-order valence-electron chi connectivity index (χ2n) is 4.46. The van der Waals surface area contributed by atoms with Crippen LogP contribution in [0.25, 0.3) is 0 Å². The lowest BCUT2D eigenvalue weighted by atomic mass is 10.1. The van der Waals surface area contributed by atoms with Crippen molar-refractivity contribution in [1.29, 1.82) is 0 Å². The van der Waals surface area contributed by atoms with Gasteiger partial charge in [-0.05, 0) is 17.7 Å². The van der Waals surface area contributed by atoms with E-state index < -0.39 is 10.0 Å². The Kier molecular flexibility index (Phi) is 5.00. The van der Waals surface area contributed by atoms with Crippen LogP contribution < -0.4 is 10.5 Å². The minimum Gasteiger partial charge on any atom is -0.389 e. The van der Waals surface area contributed by atoms with Crippen molar-refractivity contribution in [1.82, 2.24) is 9.71 Å². The monoisotopic (exact) mass is 321 g/mol. The Labute approximate surface area is 129 Å². The Morgan fingerprint density at radius 1 is 1.19 bits per heavy atom. The molecule has 0 atom stereocenters. The van der Waals surface area contributed by atoms with E-state index in [2.05, 4.69) is 9.71 Å². The van der Waals surface area contributed by atoms with Crippen LogP contribution >= 0.6 is 12.2 Å². The average molecular weight is 321 g/mol. The molecule has 0 bridgehead atoms. The van der Waals surface area contributed by atoms with Crippen LogP contribution in [-0.2, 0) is 22.3 Å². The fourth-order valence-corrected chi connectivity index (χ4v) is 2.96. The lowest BCUT2D eigenvalue weighted by molar-refractivity contribution is 0.579. The number of hydrogen-bond donors (Lipinski definition) is 2. The van der Waals surface area contributed by atoms with E-state index in [0.29, 0.717) is 16.8 Å². The van der Waals surface area contributed by atoms with Crippen molar-refractivity contribution in [3.05, 3.63) is 65.5 Å². The third kappa shape index (κ3) is 4.89. The molecule has 3 N–H and O–H groups in total. The Bertz CT molecular complexity index is 714. The van der Waals surface area contributed by atoms with E-state index >= 15 is 0 Å². The van der Waals surface area contributed by atoms with Crippen LogP contribution in [-0.4, -0.2) is 18.4 Å². The molecule has 0 aliphatic heterocycles. The largest absolute Gasteiger partial charge is 0.389 e. The highest BCUT2D eigenvalue weighted by Gasteiger charge is 2.11. The molecule has 21 heavy (non-hydrogen) atoms. The van der Waals surface area contributed by atoms with Gasteiger partial charge in [0.05, 0.1) is 18.0 Å². The summed E-state index contributed by atoms with van der Waals surface area (Å²) in [6, 6.07) is 12.2. The fourth-order valence-electron chi connectivity index (χ4n) is 1.72. The van der Waals surface area contributed by atoms with Crippen molar-refractivity contribution in [2.24, 2.45) is 5.73 Å². The third-order valence-electron chi connectivity index (χ3n) is 2.79. The molecule has 0 radical (unpaired) electrons. The Morgan fingerprint density at radius 2 is 1.90 bits per heavy atom. The Balaban J connectivity index is 1.99.